The van der Waals surface area contributed by atoms with Crippen LogP contribution in [0.3, 0.4) is 0 Å². The van der Waals surface area contributed by atoms with Crippen LogP contribution < -0.4 is 14.8 Å². The number of ether oxygens (including phenoxy) is 4. The third-order valence-corrected chi connectivity index (χ3v) is 4.62. The zero-order valence-electron chi connectivity index (χ0n) is 18.2. The van der Waals surface area contributed by atoms with Gasteiger partial charge in [-0.05, 0) is 40.2 Å². The fraction of sp³-hybridized carbons (Fsp3) is 0.650. The maximum atomic E-state index is 11.6. The number of carbonyl (C=O) groups is 1. The lowest BCUT2D eigenvalue weighted by Crippen LogP contribution is -2.33. The second kappa shape index (κ2) is 10.8. The Hall–Kier alpha value is -2.55. The zero-order valence-corrected chi connectivity index (χ0v) is 18.2. The largest absolute Gasteiger partial charge is 0.493 e. The van der Waals surface area contributed by atoms with E-state index in [0.29, 0.717) is 25.2 Å². The molecule has 0 aliphatic rings. The molecule has 9 nitrogen and oxygen atoms in total. The van der Waals surface area contributed by atoms with Crippen LogP contribution in [0.1, 0.15) is 59.1 Å². The maximum Gasteiger partial charge on any atom is 0.407 e. The molecule has 1 N–H and O–H groups in total. The van der Waals surface area contributed by atoms with Crippen molar-refractivity contribution in [3.63, 3.8) is 0 Å². The predicted octanol–water partition coefficient (Wildman–Crippen LogP) is 4.38. The predicted molar refractivity (Wildman–Crippen MR) is 109 cm³/mol. The van der Waals surface area contributed by atoms with Gasteiger partial charge in [-0.15, -0.1) is 0 Å². The van der Waals surface area contributed by atoms with Crippen molar-refractivity contribution in [2.45, 2.75) is 65.3 Å². The molecule has 0 aliphatic carbocycles. The fourth-order valence-electron chi connectivity index (χ4n) is 2.65. The average Bonchev–Trinajstić information content (AvgIpc) is 2.66. The van der Waals surface area contributed by atoms with Crippen LogP contribution in [-0.2, 0) is 9.47 Å². The summed E-state index contributed by atoms with van der Waals surface area (Å²) in [5.74, 6) is 0.575. The second-order valence-electron chi connectivity index (χ2n) is 7.19. The van der Waals surface area contributed by atoms with E-state index in [0.717, 1.165) is 0 Å². The first-order chi connectivity index (χ1) is 13.6. The summed E-state index contributed by atoms with van der Waals surface area (Å²) in [6.07, 6.45) is -0.155. The minimum atomic E-state index is -0.852. The van der Waals surface area contributed by atoms with Crippen molar-refractivity contribution in [3.8, 4) is 11.5 Å². The number of nitrogens with zero attached hydrogens (tertiary/aromatic N) is 1. The Labute approximate surface area is 171 Å². The van der Waals surface area contributed by atoms with E-state index in [9.17, 15) is 14.9 Å². The molecule has 2 unspecified atom stereocenters. The molecular weight excluding hydrogens is 380 g/mol. The second-order valence-corrected chi connectivity index (χ2v) is 7.19. The van der Waals surface area contributed by atoms with E-state index in [1.54, 1.807) is 6.92 Å². The van der Waals surface area contributed by atoms with Crippen molar-refractivity contribution in [2.24, 2.45) is 0 Å². The smallest absolute Gasteiger partial charge is 0.407 e. The van der Waals surface area contributed by atoms with E-state index < -0.39 is 22.7 Å². The summed E-state index contributed by atoms with van der Waals surface area (Å²) in [6.45, 7) is 9.87. The number of nitrogens with one attached hydrogen (secondary N) is 1. The highest BCUT2D eigenvalue weighted by atomic mass is 16.6. The molecule has 0 saturated carbocycles. The number of hydrogen-bond acceptors (Lipinski definition) is 7. The van der Waals surface area contributed by atoms with Crippen molar-refractivity contribution >= 4 is 11.8 Å². The summed E-state index contributed by atoms with van der Waals surface area (Å²) >= 11 is 0. The molecular formula is C20H32N2O7. The molecule has 9 heteroatoms. The molecule has 0 fully saturated rings. The van der Waals surface area contributed by atoms with Gasteiger partial charge in [-0.2, -0.15) is 0 Å². The van der Waals surface area contributed by atoms with Crippen molar-refractivity contribution in [3.05, 3.63) is 27.8 Å². The highest BCUT2D eigenvalue weighted by Crippen LogP contribution is 2.40. The number of nitro benzene ring substituents is 1. The summed E-state index contributed by atoms with van der Waals surface area (Å²) in [4.78, 5) is 22.6. The first-order valence-electron chi connectivity index (χ1n) is 9.62. The van der Waals surface area contributed by atoms with Crippen molar-refractivity contribution in [1.82, 2.24) is 5.32 Å². The Bertz CT molecular complexity index is 708. The van der Waals surface area contributed by atoms with E-state index >= 15 is 0 Å². The van der Waals surface area contributed by atoms with Gasteiger partial charge in [0.1, 0.15) is 11.7 Å². The number of methoxy groups -OCH3 is 1. The molecule has 0 aliphatic heterocycles. The first-order valence-corrected chi connectivity index (χ1v) is 9.62. The molecule has 0 heterocycles. The third-order valence-electron chi connectivity index (χ3n) is 4.62. The van der Waals surface area contributed by atoms with E-state index in [1.165, 1.54) is 26.3 Å². The van der Waals surface area contributed by atoms with E-state index in [1.807, 2.05) is 27.7 Å². The standard InChI is InChI=1S/C20H32N2O7/c1-8-20(5,9-10-27-13(2)3)29-18-12-16(22(24)25)15(11-17(18)26-7)14(4)28-19(23)21-6/h11-14H,8-10H2,1-7H3,(H,21,23). The van der Waals surface area contributed by atoms with Gasteiger partial charge in [0.25, 0.3) is 5.69 Å². The Morgan fingerprint density at radius 2 is 1.93 bits per heavy atom. The third kappa shape index (κ3) is 7.08. The van der Waals surface area contributed by atoms with Crippen LogP contribution in [0.2, 0.25) is 0 Å². The molecule has 164 valence electrons. The molecule has 2 atom stereocenters. The maximum absolute atomic E-state index is 11.6. The zero-order chi connectivity index (χ0) is 22.2. The highest BCUT2D eigenvalue weighted by Gasteiger charge is 2.30. The lowest BCUT2D eigenvalue weighted by Gasteiger charge is -2.31. The normalized spacial score (nSPS) is 14.1. The monoisotopic (exact) mass is 412 g/mol. The molecule has 0 aromatic heterocycles. The molecule has 0 radical (unpaired) electrons. The molecule has 29 heavy (non-hydrogen) atoms. The minimum absolute atomic E-state index is 0.104. The Balaban J connectivity index is 3.25. The molecule has 1 aromatic rings. The van der Waals surface area contributed by atoms with Crippen LogP contribution in [0.4, 0.5) is 10.5 Å². The summed E-state index contributed by atoms with van der Waals surface area (Å²) in [5.41, 5.74) is -0.597. The van der Waals surface area contributed by atoms with Crippen molar-refractivity contribution in [2.75, 3.05) is 20.8 Å². The number of rotatable bonds is 11. The molecule has 0 spiro atoms. The van der Waals surface area contributed by atoms with Gasteiger partial charge < -0.3 is 24.3 Å². The van der Waals surface area contributed by atoms with Crippen LogP contribution in [0.25, 0.3) is 0 Å². The summed E-state index contributed by atoms with van der Waals surface area (Å²) in [7, 11) is 2.86. The Kier molecular flexibility index (Phi) is 9.16. The van der Waals surface area contributed by atoms with Crippen LogP contribution in [-0.4, -0.2) is 43.5 Å². The van der Waals surface area contributed by atoms with Crippen molar-refractivity contribution < 1.29 is 28.7 Å². The number of nitro groups is 1. The van der Waals surface area contributed by atoms with E-state index in [2.05, 4.69) is 5.32 Å². The van der Waals surface area contributed by atoms with Gasteiger partial charge in [0.2, 0.25) is 0 Å². The number of alkyl carbamates (subject to hydrolysis) is 1. The minimum Gasteiger partial charge on any atom is -0.493 e. The van der Waals surface area contributed by atoms with Gasteiger partial charge in [-0.1, -0.05) is 6.92 Å². The summed E-state index contributed by atoms with van der Waals surface area (Å²) in [5, 5.41) is 14.0. The first kappa shape index (κ1) is 24.5. The average molecular weight is 412 g/mol. The van der Waals surface area contributed by atoms with Gasteiger partial charge in [-0.25, -0.2) is 4.79 Å². The topological polar surface area (TPSA) is 109 Å². The number of benzene rings is 1. The lowest BCUT2D eigenvalue weighted by atomic mass is 9.99. The van der Waals surface area contributed by atoms with Crippen LogP contribution >= 0.6 is 0 Å². The number of carbonyl (C=O) groups excluding carboxylic acids is 1. The van der Waals surface area contributed by atoms with Gasteiger partial charge in [0, 0.05) is 13.5 Å². The SMILES string of the molecule is CCC(C)(CCOC(C)C)Oc1cc([N+](=O)[O-])c(C(C)OC(=O)NC)cc1OC. The van der Waals surface area contributed by atoms with E-state index in [4.69, 9.17) is 18.9 Å². The van der Waals surface area contributed by atoms with Crippen LogP contribution in [0, 0.1) is 10.1 Å². The lowest BCUT2D eigenvalue weighted by molar-refractivity contribution is -0.386. The Morgan fingerprint density at radius 3 is 2.41 bits per heavy atom. The molecule has 1 rings (SSSR count). The van der Waals surface area contributed by atoms with Crippen molar-refractivity contribution in [1.29, 1.82) is 0 Å². The highest BCUT2D eigenvalue weighted by molar-refractivity contribution is 5.67. The van der Waals surface area contributed by atoms with E-state index in [-0.39, 0.29) is 23.1 Å². The molecule has 1 amide bonds. The van der Waals surface area contributed by atoms with Gasteiger partial charge >= 0.3 is 6.09 Å². The quantitative estimate of drug-likeness (QED) is 0.424. The summed E-state index contributed by atoms with van der Waals surface area (Å²) in [6, 6.07) is 2.79. The number of hydrogen-bond donors (Lipinski definition) is 1. The van der Waals surface area contributed by atoms with Gasteiger partial charge in [0.15, 0.2) is 11.5 Å². The molecule has 1 aromatic carbocycles. The molecule has 0 bridgehead atoms. The summed E-state index contributed by atoms with van der Waals surface area (Å²) < 4.78 is 22.3. The Morgan fingerprint density at radius 1 is 1.28 bits per heavy atom. The van der Waals surface area contributed by atoms with Crippen LogP contribution in [0.5, 0.6) is 11.5 Å². The molecule has 0 saturated heterocycles. The number of amides is 1. The van der Waals surface area contributed by atoms with Gasteiger partial charge in [0.05, 0.1) is 36.4 Å². The van der Waals surface area contributed by atoms with Gasteiger partial charge in [-0.3, -0.25) is 10.1 Å². The fourth-order valence-corrected chi connectivity index (χ4v) is 2.65. The van der Waals surface area contributed by atoms with Crippen LogP contribution in [0.15, 0.2) is 12.1 Å².